The first kappa shape index (κ1) is 10.8. The van der Waals surface area contributed by atoms with Crippen molar-refractivity contribution in [2.24, 2.45) is 0 Å². The summed E-state index contributed by atoms with van der Waals surface area (Å²) < 4.78 is 22.3. The van der Waals surface area contributed by atoms with Crippen LogP contribution in [0.2, 0.25) is 0 Å². The van der Waals surface area contributed by atoms with Crippen LogP contribution in [-0.4, -0.2) is 43.3 Å². The van der Waals surface area contributed by atoms with E-state index in [1.165, 1.54) is 11.2 Å². The molecule has 1 saturated heterocycles. The van der Waals surface area contributed by atoms with Gasteiger partial charge in [-0.3, -0.25) is 4.79 Å². The summed E-state index contributed by atoms with van der Waals surface area (Å²) in [6.45, 7) is 0.801. The number of likely N-dealkylation sites (tertiary alicyclic amines) is 1. The van der Waals surface area contributed by atoms with Gasteiger partial charge in [0, 0.05) is 19.3 Å². The lowest BCUT2D eigenvalue weighted by Crippen LogP contribution is -2.42. The molecule has 1 rings (SSSR count). The minimum absolute atomic E-state index is 0.237. The number of rotatable bonds is 1. The Morgan fingerprint density at radius 1 is 1.54 bits per heavy atom. The average Bonchev–Trinajstić information content (AvgIpc) is 2.03. The number of nitrogens with zero attached hydrogens (tertiary/aromatic N) is 1. The van der Waals surface area contributed by atoms with Crippen molar-refractivity contribution in [1.82, 2.24) is 4.90 Å². The quantitative estimate of drug-likeness (QED) is 0.491. The Labute approximate surface area is 82.8 Å². The van der Waals surface area contributed by atoms with Gasteiger partial charge in [0.25, 0.3) is 0 Å². The van der Waals surface area contributed by atoms with Crippen molar-refractivity contribution >= 4 is 26.8 Å². The normalized spacial score (nSPS) is 24.5. The van der Waals surface area contributed by atoms with Crippen LogP contribution in [0.1, 0.15) is 12.8 Å². The van der Waals surface area contributed by atoms with Gasteiger partial charge in [-0.15, -0.1) is 0 Å². The number of amides is 1. The van der Waals surface area contributed by atoms with E-state index in [9.17, 15) is 13.2 Å². The molecule has 1 unspecified atom stereocenters. The second-order valence-corrected chi connectivity index (χ2v) is 5.94. The Morgan fingerprint density at radius 3 is 2.62 bits per heavy atom. The Hall–Kier alpha value is -0.290. The summed E-state index contributed by atoms with van der Waals surface area (Å²) in [5, 5.41) is -1.00. The molecule has 1 fully saturated rings. The van der Waals surface area contributed by atoms with Gasteiger partial charge in [-0.2, -0.15) is 0 Å². The number of carbonyl (C=O) groups excluding carboxylic acids is 1. The fraction of sp³-hybridized carbons (Fsp3) is 0.857. The highest BCUT2D eigenvalue weighted by Crippen LogP contribution is 2.17. The Balaban J connectivity index is 2.67. The third-order valence-corrected chi connectivity index (χ3v) is 4.07. The molecule has 6 heteroatoms. The molecule has 0 N–H and O–H groups in total. The molecular formula is C7H12ClNO3S. The van der Waals surface area contributed by atoms with Gasteiger partial charge in [0.1, 0.15) is 0 Å². The van der Waals surface area contributed by atoms with Gasteiger partial charge in [0.05, 0.1) is 5.25 Å². The van der Waals surface area contributed by atoms with E-state index in [-0.39, 0.29) is 6.54 Å². The zero-order chi connectivity index (χ0) is 10.1. The summed E-state index contributed by atoms with van der Waals surface area (Å²) in [4.78, 5) is 12.1. The van der Waals surface area contributed by atoms with Gasteiger partial charge in [-0.1, -0.05) is 0 Å². The van der Waals surface area contributed by atoms with Gasteiger partial charge in [0.2, 0.25) is 0 Å². The number of carbonyl (C=O) groups is 1. The number of hydrogen-bond donors (Lipinski definition) is 0. The first-order chi connectivity index (χ1) is 5.91. The fourth-order valence-electron chi connectivity index (χ4n) is 1.45. The van der Waals surface area contributed by atoms with Gasteiger partial charge in [-0.25, -0.2) is 8.42 Å². The topological polar surface area (TPSA) is 54.5 Å². The molecule has 0 aromatic heterocycles. The van der Waals surface area contributed by atoms with Crippen molar-refractivity contribution in [2.45, 2.75) is 18.1 Å². The molecule has 76 valence electrons. The van der Waals surface area contributed by atoms with E-state index in [0.29, 0.717) is 19.4 Å². The molecule has 0 spiro atoms. The summed E-state index contributed by atoms with van der Waals surface area (Å²) in [6.07, 6.45) is 2.52. The molecule has 0 aromatic rings. The van der Waals surface area contributed by atoms with Crippen molar-refractivity contribution in [1.29, 1.82) is 0 Å². The standard InChI is InChI=1S/C7H12ClNO3S/c1-13(11,12)6-3-2-4-9(5-6)7(8)10/h6H,2-5H2,1H3. The van der Waals surface area contributed by atoms with Gasteiger partial charge >= 0.3 is 5.37 Å². The summed E-state index contributed by atoms with van der Waals surface area (Å²) in [7, 11) is -3.04. The highest BCUT2D eigenvalue weighted by molar-refractivity contribution is 7.91. The van der Waals surface area contributed by atoms with Crippen LogP contribution in [0.4, 0.5) is 4.79 Å². The maximum Gasteiger partial charge on any atom is 0.316 e. The number of halogens is 1. The molecule has 0 radical (unpaired) electrons. The predicted octanol–water partition coefficient (Wildman–Crippen LogP) is 0.854. The van der Waals surface area contributed by atoms with E-state index < -0.39 is 20.5 Å². The van der Waals surface area contributed by atoms with Gasteiger partial charge in [0.15, 0.2) is 9.84 Å². The second kappa shape index (κ2) is 3.84. The molecule has 1 atom stereocenters. The van der Waals surface area contributed by atoms with Crippen LogP contribution in [0.3, 0.4) is 0 Å². The second-order valence-electron chi connectivity index (χ2n) is 3.29. The molecule has 0 aliphatic carbocycles. The molecule has 13 heavy (non-hydrogen) atoms. The van der Waals surface area contributed by atoms with Crippen LogP contribution in [0.15, 0.2) is 0 Å². The molecule has 0 bridgehead atoms. The molecule has 0 aromatic carbocycles. The number of sulfone groups is 1. The third kappa shape index (κ3) is 2.84. The molecular weight excluding hydrogens is 214 g/mol. The molecule has 4 nitrogen and oxygen atoms in total. The lowest BCUT2D eigenvalue weighted by Gasteiger charge is -2.29. The smallest absolute Gasteiger partial charge is 0.316 e. The molecule has 1 amide bonds. The summed E-state index contributed by atoms with van der Waals surface area (Å²) in [5.41, 5.74) is 0. The van der Waals surface area contributed by atoms with Crippen molar-refractivity contribution in [3.05, 3.63) is 0 Å². The molecule has 1 aliphatic rings. The zero-order valence-electron chi connectivity index (χ0n) is 7.36. The maximum atomic E-state index is 11.2. The van der Waals surface area contributed by atoms with Crippen molar-refractivity contribution in [3.63, 3.8) is 0 Å². The first-order valence-corrected chi connectivity index (χ1v) is 6.38. The third-order valence-electron chi connectivity index (χ3n) is 2.23. The average molecular weight is 226 g/mol. The summed E-state index contributed by atoms with van der Waals surface area (Å²) in [6, 6.07) is 0. The van der Waals surface area contributed by atoms with Crippen molar-refractivity contribution in [2.75, 3.05) is 19.3 Å². The molecule has 1 aliphatic heterocycles. The predicted molar refractivity (Wildman–Crippen MR) is 50.7 cm³/mol. The monoisotopic (exact) mass is 225 g/mol. The Bertz CT molecular complexity index is 301. The zero-order valence-corrected chi connectivity index (χ0v) is 8.94. The van der Waals surface area contributed by atoms with Crippen LogP contribution in [-0.2, 0) is 9.84 Å². The van der Waals surface area contributed by atoms with E-state index in [1.807, 2.05) is 0 Å². The first-order valence-electron chi connectivity index (χ1n) is 4.04. The Kier molecular flexibility index (Phi) is 3.18. The van der Waals surface area contributed by atoms with Crippen LogP contribution in [0, 0.1) is 0 Å². The van der Waals surface area contributed by atoms with Gasteiger partial charge in [-0.05, 0) is 24.4 Å². The molecule has 1 heterocycles. The van der Waals surface area contributed by atoms with Crippen molar-refractivity contribution in [3.8, 4) is 0 Å². The van der Waals surface area contributed by atoms with Crippen LogP contribution in [0.5, 0.6) is 0 Å². The highest BCUT2D eigenvalue weighted by Gasteiger charge is 2.28. The highest BCUT2D eigenvalue weighted by atomic mass is 35.5. The van der Waals surface area contributed by atoms with E-state index in [2.05, 4.69) is 0 Å². The SMILES string of the molecule is CS(=O)(=O)C1CCCN(C(=O)Cl)C1. The van der Waals surface area contributed by atoms with Crippen LogP contribution >= 0.6 is 11.6 Å². The number of hydrogen-bond acceptors (Lipinski definition) is 3. The van der Waals surface area contributed by atoms with E-state index in [4.69, 9.17) is 11.6 Å². The number of piperidine rings is 1. The summed E-state index contributed by atoms with van der Waals surface area (Å²) in [5.74, 6) is 0. The van der Waals surface area contributed by atoms with Crippen LogP contribution < -0.4 is 0 Å². The largest absolute Gasteiger partial charge is 0.328 e. The minimum Gasteiger partial charge on any atom is -0.328 e. The van der Waals surface area contributed by atoms with Crippen LogP contribution in [0.25, 0.3) is 0 Å². The van der Waals surface area contributed by atoms with Gasteiger partial charge < -0.3 is 4.90 Å². The molecule has 0 saturated carbocycles. The van der Waals surface area contributed by atoms with E-state index >= 15 is 0 Å². The van der Waals surface area contributed by atoms with Crippen molar-refractivity contribution < 1.29 is 13.2 Å². The van der Waals surface area contributed by atoms with E-state index in [1.54, 1.807) is 0 Å². The minimum atomic E-state index is -3.04. The maximum absolute atomic E-state index is 11.2. The summed E-state index contributed by atoms with van der Waals surface area (Å²) >= 11 is 5.26. The Morgan fingerprint density at radius 2 is 2.15 bits per heavy atom. The fourth-order valence-corrected chi connectivity index (χ4v) is 2.65. The lowest BCUT2D eigenvalue weighted by molar-refractivity contribution is 0.210. The lowest BCUT2D eigenvalue weighted by atomic mass is 10.1. The van der Waals surface area contributed by atoms with E-state index in [0.717, 1.165) is 0 Å².